The Bertz CT molecular complexity index is 579. The van der Waals surface area contributed by atoms with Gasteiger partial charge in [0.25, 0.3) is 5.91 Å². The topological polar surface area (TPSA) is 109 Å². The summed E-state index contributed by atoms with van der Waals surface area (Å²) in [6.07, 6.45) is 4.27. The van der Waals surface area contributed by atoms with Crippen LogP contribution in [0.1, 0.15) is 23.2 Å². The molecule has 1 heterocycles. The van der Waals surface area contributed by atoms with Crippen LogP contribution in [-0.4, -0.2) is 22.9 Å². The van der Waals surface area contributed by atoms with Crippen molar-refractivity contribution in [1.82, 2.24) is 0 Å². The van der Waals surface area contributed by atoms with Crippen molar-refractivity contribution in [3.63, 3.8) is 0 Å². The van der Waals surface area contributed by atoms with Gasteiger partial charge in [0, 0.05) is 0 Å². The Morgan fingerprint density at radius 1 is 1.25 bits per heavy atom. The number of hydrogen-bond donors (Lipinski definition) is 3. The van der Waals surface area contributed by atoms with E-state index in [4.69, 9.17) is 10.8 Å². The molecule has 0 fully saturated rings. The van der Waals surface area contributed by atoms with Gasteiger partial charge < -0.3 is 16.2 Å². The number of nitrogens with one attached hydrogen (secondary N) is 1. The molecule has 1 aromatic rings. The van der Waals surface area contributed by atoms with E-state index in [1.807, 2.05) is 0 Å². The molecule has 0 radical (unpaired) electrons. The lowest BCUT2D eigenvalue weighted by Gasteiger charge is -2.24. The molecule has 2 amide bonds. The van der Waals surface area contributed by atoms with Crippen LogP contribution in [0.5, 0.6) is 0 Å². The van der Waals surface area contributed by atoms with Crippen LogP contribution in [0, 0.1) is 11.8 Å². The number of nitrogens with two attached hydrogens (primary N) is 1. The summed E-state index contributed by atoms with van der Waals surface area (Å²) in [7, 11) is 0. The third kappa shape index (κ3) is 2.88. The van der Waals surface area contributed by atoms with Crippen molar-refractivity contribution in [3.8, 4) is 0 Å². The minimum atomic E-state index is -0.990. The Morgan fingerprint density at radius 2 is 1.90 bits per heavy atom. The summed E-state index contributed by atoms with van der Waals surface area (Å²) >= 11 is 1.18. The number of amides is 2. The second-order valence-electron chi connectivity index (χ2n) is 4.51. The number of thiophene rings is 1. The zero-order valence-corrected chi connectivity index (χ0v) is 11.4. The molecule has 0 aromatic carbocycles. The van der Waals surface area contributed by atoms with Gasteiger partial charge in [0.15, 0.2) is 0 Å². The summed E-state index contributed by atoms with van der Waals surface area (Å²) in [5.41, 5.74) is 5.44. The van der Waals surface area contributed by atoms with Gasteiger partial charge in [-0.2, -0.15) is 0 Å². The number of carbonyl (C=O) groups is 3. The van der Waals surface area contributed by atoms with E-state index in [2.05, 4.69) is 5.32 Å². The van der Waals surface area contributed by atoms with Gasteiger partial charge in [-0.25, -0.2) is 0 Å². The lowest BCUT2D eigenvalue weighted by Crippen LogP contribution is -2.34. The van der Waals surface area contributed by atoms with Gasteiger partial charge in [0.2, 0.25) is 5.91 Å². The molecule has 1 aliphatic carbocycles. The number of carboxylic acids is 1. The van der Waals surface area contributed by atoms with Crippen molar-refractivity contribution in [2.75, 3.05) is 5.32 Å². The summed E-state index contributed by atoms with van der Waals surface area (Å²) in [6.45, 7) is 0. The van der Waals surface area contributed by atoms with Crippen LogP contribution < -0.4 is 11.1 Å². The quantitative estimate of drug-likeness (QED) is 0.730. The number of aliphatic carboxylic acids is 1. The second kappa shape index (κ2) is 5.87. The average molecular weight is 294 g/mol. The predicted molar refractivity (Wildman–Crippen MR) is 74.5 cm³/mol. The van der Waals surface area contributed by atoms with Crippen LogP contribution in [0.25, 0.3) is 0 Å². The lowest BCUT2D eigenvalue weighted by atomic mass is 9.82. The summed E-state index contributed by atoms with van der Waals surface area (Å²) < 4.78 is 0. The Hall–Kier alpha value is -2.15. The molecule has 0 aliphatic heterocycles. The van der Waals surface area contributed by atoms with Crippen molar-refractivity contribution in [2.24, 2.45) is 17.6 Å². The first-order chi connectivity index (χ1) is 9.50. The number of anilines is 1. The molecule has 6 nitrogen and oxygen atoms in total. The van der Waals surface area contributed by atoms with E-state index in [1.54, 1.807) is 17.5 Å². The van der Waals surface area contributed by atoms with E-state index < -0.39 is 29.6 Å². The molecule has 1 aliphatic rings. The first-order valence-corrected chi connectivity index (χ1v) is 6.94. The molecule has 0 saturated heterocycles. The molecule has 4 N–H and O–H groups in total. The fourth-order valence-electron chi connectivity index (χ4n) is 2.18. The Kier molecular flexibility index (Phi) is 4.19. The molecule has 7 heteroatoms. The SMILES string of the molecule is NC(=O)c1ccsc1NC(=O)C1CC=CCC1C(=O)O. The van der Waals surface area contributed by atoms with Crippen LogP contribution >= 0.6 is 11.3 Å². The maximum atomic E-state index is 12.2. The molecule has 0 saturated carbocycles. The Labute approximate surface area is 119 Å². The first-order valence-electron chi connectivity index (χ1n) is 6.06. The minimum absolute atomic E-state index is 0.238. The average Bonchev–Trinajstić information content (AvgIpc) is 2.87. The molecule has 20 heavy (non-hydrogen) atoms. The standard InChI is InChI=1S/C13H14N2O4S/c14-10(16)9-5-6-20-12(9)15-11(17)7-3-1-2-4-8(7)13(18)19/h1-2,5-8H,3-4H2,(H2,14,16)(H,15,17)(H,18,19). The van der Waals surface area contributed by atoms with Crippen LogP contribution in [0.2, 0.25) is 0 Å². The summed E-state index contributed by atoms with van der Waals surface area (Å²) in [5, 5.41) is 13.8. The highest BCUT2D eigenvalue weighted by Crippen LogP contribution is 2.29. The molecule has 106 valence electrons. The third-order valence-electron chi connectivity index (χ3n) is 3.25. The van der Waals surface area contributed by atoms with Gasteiger partial charge in [-0.05, 0) is 24.3 Å². The van der Waals surface area contributed by atoms with Gasteiger partial charge in [-0.3, -0.25) is 14.4 Å². The van der Waals surface area contributed by atoms with Crippen molar-refractivity contribution in [3.05, 3.63) is 29.2 Å². The van der Waals surface area contributed by atoms with Gasteiger partial charge in [0.1, 0.15) is 5.00 Å². The van der Waals surface area contributed by atoms with Gasteiger partial charge in [-0.15, -0.1) is 11.3 Å². The summed E-state index contributed by atoms with van der Waals surface area (Å²) in [5.74, 6) is -3.39. The maximum absolute atomic E-state index is 12.2. The molecule has 0 bridgehead atoms. The highest BCUT2D eigenvalue weighted by atomic mass is 32.1. The number of primary amides is 1. The van der Waals surface area contributed by atoms with E-state index in [-0.39, 0.29) is 5.56 Å². The lowest BCUT2D eigenvalue weighted by molar-refractivity contribution is -0.146. The van der Waals surface area contributed by atoms with E-state index in [0.29, 0.717) is 17.8 Å². The third-order valence-corrected chi connectivity index (χ3v) is 4.08. The highest BCUT2D eigenvalue weighted by molar-refractivity contribution is 7.14. The number of rotatable bonds is 4. The Morgan fingerprint density at radius 3 is 2.50 bits per heavy atom. The van der Waals surface area contributed by atoms with E-state index in [9.17, 15) is 14.4 Å². The predicted octanol–water partition coefficient (Wildman–Crippen LogP) is 1.45. The van der Waals surface area contributed by atoms with E-state index in [0.717, 1.165) is 0 Å². The monoisotopic (exact) mass is 294 g/mol. The van der Waals surface area contributed by atoms with Crippen molar-refractivity contribution in [1.29, 1.82) is 0 Å². The van der Waals surface area contributed by atoms with Crippen LogP contribution in [0.3, 0.4) is 0 Å². The fourth-order valence-corrected chi connectivity index (χ4v) is 2.98. The van der Waals surface area contributed by atoms with Crippen molar-refractivity contribution >= 4 is 34.1 Å². The minimum Gasteiger partial charge on any atom is -0.481 e. The Balaban J connectivity index is 2.15. The number of hydrogen-bond acceptors (Lipinski definition) is 4. The smallest absolute Gasteiger partial charge is 0.307 e. The van der Waals surface area contributed by atoms with Crippen molar-refractivity contribution < 1.29 is 19.5 Å². The fraction of sp³-hybridized carbons (Fsp3) is 0.308. The molecule has 2 rings (SSSR count). The van der Waals surface area contributed by atoms with E-state index in [1.165, 1.54) is 17.4 Å². The molecule has 0 spiro atoms. The highest BCUT2D eigenvalue weighted by Gasteiger charge is 2.34. The number of carbonyl (C=O) groups excluding carboxylic acids is 2. The molecular weight excluding hydrogens is 280 g/mol. The van der Waals surface area contributed by atoms with Gasteiger partial charge in [0.05, 0.1) is 17.4 Å². The van der Waals surface area contributed by atoms with Crippen LogP contribution in [0.4, 0.5) is 5.00 Å². The maximum Gasteiger partial charge on any atom is 0.307 e. The molecular formula is C13H14N2O4S. The zero-order chi connectivity index (χ0) is 14.7. The van der Waals surface area contributed by atoms with Gasteiger partial charge >= 0.3 is 5.97 Å². The number of carboxylic acid groups (broad SMARTS) is 1. The molecule has 1 aromatic heterocycles. The number of allylic oxidation sites excluding steroid dienone is 2. The molecule has 2 unspecified atom stereocenters. The van der Waals surface area contributed by atoms with E-state index >= 15 is 0 Å². The van der Waals surface area contributed by atoms with Crippen LogP contribution in [-0.2, 0) is 9.59 Å². The summed E-state index contributed by atoms with van der Waals surface area (Å²) in [6, 6.07) is 1.53. The van der Waals surface area contributed by atoms with Crippen LogP contribution in [0.15, 0.2) is 23.6 Å². The van der Waals surface area contributed by atoms with Crippen molar-refractivity contribution in [2.45, 2.75) is 12.8 Å². The zero-order valence-electron chi connectivity index (χ0n) is 10.5. The first kappa shape index (κ1) is 14.3. The largest absolute Gasteiger partial charge is 0.481 e. The second-order valence-corrected chi connectivity index (χ2v) is 5.43. The normalized spacial score (nSPS) is 21.4. The van der Waals surface area contributed by atoms with Gasteiger partial charge in [-0.1, -0.05) is 12.2 Å². The summed E-state index contributed by atoms with van der Waals surface area (Å²) in [4.78, 5) is 34.5. The molecule has 2 atom stereocenters.